The van der Waals surface area contributed by atoms with E-state index in [9.17, 15) is 10.1 Å². The first-order chi connectivity index (χ1) is 13.1. The molecular weight excluding hydrogens is 340 g/mol. The van der Waals surface area contributed by atoms with Crippen molar-refractivity contribution in [1.29, 1.82) is 5.26 Å². The molecule has 1 heterocycles. The number of nitrogens with zero attached hydrogens (tertiary/aromatic N) is 3. The van der Waals surface area contributed by atoms with Gasteiger partial charge in [0.25, 0.3) is 5.91 Å². The van der Waals surface area contributed by atoms with Crippen molar-refractivity contribution in [3.63, 3.8) is 0 Å². The number of rotatable bonds is 5. The van der Waals surface area contributed by atoms with Crippen molar-refractivity contribution in [1.82, 2.24) is 10.2 Å². The maximum Gasteiger partial charge on any atom is 0.269 e. The molecule has 6 nitrogen and oxygen atoms in total. The molecule has 0 radical (unpaired) electrons. The molecule has 2 N–H and O–H groups in total. The monoisotopic (exact) mass is 362 g/mol. The van der Waals surface area contributed by atoms with Crippen molar-refractivity contribution >= 4 is 5.91 Å². The van der Waals surface area contributed by atoms with Crippen LogP contribution in [0.3, 0.4) is 0 Å². The van der Waals surface area contributed by atoms with E-state index in [1.807, 2.05) is 18.2 Å². The number of carbonyl (C=O) groups is 1. The summed E-state index contributed by atoms with van der Waals surface area (Å²) in [7, 11) is 0. The Morgan fingerprint density at radius 1 is 1.22 bits per heavy atom. The van der Waals surface area contributed by atoms with E-state index in [1.54, 1.807) is 12.3 Å². The number of hydrogen-bond acceptors (Lipinski definition) is 5. The van der Waals surface area contributed by atoms with Crippen molar-refractivity contribution in [2.75, 3.05) is 0 Å². The van der Waals surface area contributed by atoms with Crippen LogP contribution < -0.4 is 10.5 Å². The predicted octanol–water partition coefficient (Wildman–Crippen LogP) is 3.56. The lowest BCUT2D eigenvalue weighted by Crippen LogP contribution is -2.38. The van der Waals surface area contributed by atoms with E-state index in [0.29, 0.717) is 17.0 Å². The SMILES string of the molecule is N#Cc1ccc(OC2(c3ccnnc3C(N)=O)CCCCC2)cc1C1CC1. The van der Waals surface area contributed by atoms with E-state index in [4.69, 9.17) is 10.5 Å². The average Bonchev–Trinajstić information content (AvgIpc) is 3.54. The smallest absolute Gasteiger partial charge is 0.269 e. The molecular formula is C21H22N4O2. The third-order valence-electron chi connectivity index (χ3n) is 5.58. The number of nitrogens with two attached hydrogens (primary N) is 1. The highest BCUT2D eigenvalue weighted by molar-refractivity contribution is 5.92. The second-order valence-electron chi connectivity index (χ2n) is 7.45. The number of amides is 1. The van der Waals surface area contributed by atoms with Gasteiger partial charge in [0.2, 0.25) is 0 Å². The fourth-order valence-corrected chi connectivity index (χ4v) is 4.09. The van der Waals surface area contributed by atoms with Gasteiger partial charge >= 0.3 is 0 Å². The summed E-state index contributed by atoms with van der Waals surface area (Å²) in [4.78, 5) is 11.9. The van der Waals surface area contributed by atoms with Gasteiger partial charge in [-0.05, 0) is 74.3 Å². The molecule has 138 valence electrons. The number of primary amides is 1. The topological polar surface area (TPSA) is 102 Å². The van der Waals surface area contributed by atoms with Crippen LogP contribution in [0.2, 0.25) is 0 Å². The fraction of sp³-hybridized carbons (Fsp3) is 0.429. The predicted molar refractivity (Wildman–Crippen MR) is 99.1 cm³/mol. The van der Waals surface area contributed by atoms with Gasteiger partial charge in [-0.1, -0.05) is 6.42 Å². The van der Waals surface area contributed by atoms with Crippen LogP contribution in [-0.2, 0) is 5.60 Å². The average molecular weight is 362 g/mol. The van der Waals surface area contributed by atoms with Crippen molar-refractivity contribution in [3.05, 3.63) is 52.8 Å². The Labute approximate surface area is 158 Å². The molecule has 0 aliphatic heterocycles. The van der Waals surface area contributed by atoms with Crippen molar-refractivity contribution in [3.8, 4) is 11.8 Å². The summed E-state index contributed by atoms with van der Waals surface area (Å²) in [5.41, 5.74) is 7.56. The Morgan fingerprint density at radius 3 is 2.67 bits per heavy atom. The van der Waals surface area contributed by atoms with Gasteiger partial charge in [0.15, 0.2) is 5.69 Å². The molecule has 0 saturated heterocycles. The van der Waals surface area contributed by atoms with Crippen LogP contribution in [0.15, 0.2) is 30.5 Å². The van der Waals surface area contributed by atoms with Crippen LogP contribution in [0.1, 0.15) is 78.0 Å². The number of benzene rings is 1. The standard InChI is InChI=1S/C21H22N4O2/c22-13-15-6-7-16(12-17(15)14-4-5-14)27-21(9-2-1-3-10-21)18-8-11-24-25-19(18)20(23)26/h6-8,11-12,14H,1-5,9-10H2,(H2,23,26). The highest BCUT2D eigenvalue weighted by atomic mass is 16.5. The maximum absolute atomic E-state index is 11.9. The van der Waals surface area contributed by atoms with E-state index in [0.717, 1.165) is 56.3 Å². The zero-order chi connectivity index (χ0) is 18.9. The highest BCUT2D eigenvalue weighted by Crippen LogP contribution is 2.45. The lowest BCUT2D eigenvalue weighted by atomic mass is 9.78. The van der Waals surface area contributed by atoms with Crippen LogP contribution in [0.5, 0.6) is 5.75 Å². The number of ether oxygens (including phenoxy) is 1. The molecule has 2 aromatic rings. The molecule has 0 spiro atoms. The minimum atomic E-state index is -0.645. The molecule has 0 unspecified atom stereocenters. The van der Waals surface area contributed by atoms with Gasteiger partial charge in [-0.25, -0.2) is 0 Å². The first-order valence-electron chi connectivity index (χ1n) is 9.48. The lowest BCUT2D eigenvalue weighted by Gasteiger charge is -2.38. The summed E-state index contributed by atoms with van der Waals surface area (Å²) in [6, 6.07) is 9.74. The molecule has 6 heteroatoms. The molecule has 4 rings (SSSR count). The summed E-state index contributed by atoms with van der Waals surface area (Å²) in [6.07, 6.45) is 8.53. The summed E-state index contributed by atoms with van der Waals surface area (Å²) in [5, 5.41) is 17.2. The van der Waals surface area contributed by atoms with E-state index >= 15 is 0 Å². The van der Waals surface area contributed by atoms with Crippen molar-refractivity contribution in [2.24, 2.45) is 5.73 Å². The van der Waals surface area contributed by atoms with Crippen LogP contribution in [0, 0.1) is 11.3 Å². The second kappa shape index (κ2) is 6.99. The van der Waals surface area contributed by atoms with Crippen molar-refractivity contribution < 1.29 is 9.53 Å². The molecule has 27 heavy (non-hydrogen) atoms. The molecule has 0 bridgehead atoms. The van der Waals surface area contributed by atoms with Crippen LogP contribution in [-0.4, -0.2) is 16.1 Å². The third kappa shape index (κ3) is 3.37. The number of carbonyl (C=O) groups excluding carboxylic acids is 1. The second-order valence-corrected chi connectivity index (χ2v) is 7.45. The van der Waals surface area contributed by atoms with Gasteiger partial charge in [-0.15, -0.1) is 5.10 Å². The maximum atomic E-state index is 11.9. The first kappa shape index (κ1) is 17.5. The van der Waals surface area contributed by atoms with Gasteiger partial charge in [-0.3, -0.25) is 4.79 Å². The Morgan fingerprint density at radius 2 is 2.00 bits per heavy atom. The van der Waals surface area contributed by atoms with Crippen molar-refractivity contribution in [2.45, 2.75) is 56.5 Å². The minimum absolute atomic E-state index is 0.176. The Hall–Kier alpha value is -2.94. The third-order valence-corrected chi connectivity index (χ3v) is 5.58. The van der Waals surface area contributed by atoms with Crippen LogP contribution in [0.25, 0.3) is 0 Å². The molecule has 1 aromatic heterocycles. The number of aromatic nitrogens is 2. The summed E-state index contributed by atoms with van der Waals surface area (Å²) in [6.45, 7) is 0. The summed E-state index contributed by atoms with van der Waals surface area (Å²) in [5.74, 6) is 0.587. The van der Waals surface area contributed by atoms with E-state index in [1.165, 1.54) is 0 Å². The van der Waals surface area contributed by atoms with Crippen LogP contribution in [0.4, 0.5) is 0 Å². The first-order valence-corrected chi connectivity index (χ1v) is 9.48. The lowest BCUT2D eigenvalue weighted by molar-refractivity contribution is 0.0248. The molecule has 2 aliphatic rings. The van der Waals surface area contributed by atoms with E-state index in [-0.39, 0.29) is 5.69 Å². The van der Waals surface area contributed by atoms with Gasteiger partial charge in [-0.2, -0.15) is 10.4 Å². The molecule has 1 aromatic carbocycles. The van der Waals surface area contributed by atoms with Gasteiger partial charge in [0, 0.05) is 5.56 Å². The molecule has 2 fully saturated rings. The normalized spacial score (nSPS) is 18.5. The molecule has 2 saturated carbocycles. The zero-order valence-electron chi connectivity index (χ0n) is 15.1. The van der Waals surface area contributed by atoms with E-state index < -0.39 is 11.5 Å². The summed E-state index contributed by atoms with van der Waals surface area (Å²) < 4.78 is 6.55. The van der Waals surface area contributed by atoms with Gasteiger partial charge in [0.05, 0.1) is 17.8 Å². The molecule has 2 aliphatic carbocycles. The Balaban J connectivity index is 1.75. The van der Waals surface area contributed by atoms with Gasteiger partial charge in [0.1, 0.15) is 11.4 Å². The van der Waals surface area contributed by atoms with Gasteiger partial charge < -0.3 is 10.5 Å². The Kier molecular flexibility index (Phi) is 4.53. The molecule has 0 atom stereocenters. The zero-order valence-corrected chi connectivity index (χ0v) is 15.1. The number of hydrogen-bond donors (Lipinski definition) is 1. The molecule has 1 amide bonds. The minimum Gasteiger partial charge on any atom is -0.482 e. The number of nitriles is 1. The fourth-order valence-electron chi connectivity index (χ4n) is 4.09. The quantitative estimate of drug-likeness (QED) is 0.876. The highest BCUT2D eigenvalue weighted by Gasteiger charge is 2.40. The summed E-state index contributed by atoms with van der Waals surface area (Å²) >= 11 is 0. The van der Waals surface area contributed by atoms with E-state index in [2.05, 4.69) is 16.3 Å². The Bertz CT molecular complexity index is 909. The van der Waals surface area contributed by atoms with Crippen LogP contribution >= 0.6 is 0 Å². The largest absolute Gasteiger partial charge is 0.482 e.